The van der Waals surface area contributed by atoms with E-state index in [1.54, 1.807) is 0 Å². The first-order valence-electron chi connectivity index (χ1n) is 6.08. The second-order valence-corrected chi connectivity index (χ2v) is 6.00. The molecule has 1 N–H and O–H groups in total. The molecule has 0 spiro atoms. The van der Waals surface area contributed by atoms with Gasteiger partial charge in [0.2, 0.25) is 0 Å². The van der Waals surface area contributed by atoms with Crippen LogP contribution in [-0.4, -0.2) is 22.1 Å². The second kappa shape index (κ2) is 3.59. The van der Waals surface area contributed by atoms with Gasteiger partial charge in [-0.2, -0.15) is 0 Å². The van der Waals surface area contributed by atoms with E-state index >= 15 is 0 Å². The number of nitrogens with one attached hydrogen (secondary N) is 1. The zero-order valence-electron chi connectivity index (χ0n) is 11.0. The Bertz CT molecular complexity index is 362. The molecule has 1 aliphatic rings. The average Bonchev–Trinajstić information content (AvgIpc) is 2.52. The number of imidazole rings is 1. The van der Waals surface area contributed by atoms with Gasteiger partial charge < -0.3 is 9.88 Å². The molecule has 0 atom stereocenters. The van der Waals surface area contributed by atoms with Gasteiger partial charge in [-0.15, -0.1) is 0 Å². The van der Waals surface area contributed by atoms with E-state index in [1.165, 1.54) is 0 Å². The van der Waals surface area contributed by atoms with Crippen molar-refractivity contribution in [2.24, 2.45) is 10.8 Å². The Balaban J connectivity index is 1.81. The fraction of sp³-hybridized carbons (Fsp3) is 0.769. The fourth-order valence-electron chi connectivity index (χ4n) is 2.68. The summed E-state index contributed by atoms with van der Waals surface area (Å²) in [4.78, 5) is 4.22. The third-order valence-corrected chi connectivity index (χ3v) is 4.65. The van der Waals surface area contributed by atoms with Crippen LogP contribution in [0.3, 0.4) is 0 Å². The lowest BCUT2D eigenvalue weighted by Crippen LogP contribution is -2.26. The van der Waals surface area contributed by atoms with E-state index in [0.29, 0.717) is 16.9 Å². The summed E-state index contributed by atoms with van der Waals surface area (Å²) < 4.78 is 2.19. The Morgan fingerprint density at radius 2 is 1.94 bits per heavy atom. The molecule has 3 heteroatoms. The molecule has 2 rings (SSSR count). The Kier molecular flexibility index (Phi) is 2.61. The minimum Gasteiger partial charge on any atom is -0.334 e. The first-order chi connectivity index (χ1) is 7.37. The van der Waals surface area contributed by atoms with Crippen molar-refractivity contribution in [1.29, 1.82) is 0 Å². The van der Waals surface area contributed by atoms with Crippen molar-refractivity contribution in [3.63, 3.8) is 0 Å². The summed E-state index contributed by atoms with van der Waals surface area (Å²) in [7, 11) is 0. The summed E-state index contributed by atoms with van der Waals surface area (Å²) in [6, 6.07) is 0.642. The quantitative estimate of drug-likeness (QED) is 0.845. The summed E-state index contributed by atoms with van der Waals surface area (Å²) in [6.45, 7) is 13.4. The molecule has 1 aliphatic carbocycles. The highest BCUT2D eigenvalue weighted by atomic mass is 15.1. The lowest BCUT2D eigenvalue weighted by molar-refractivity contribution is 0.457. The SMILES string of the molecule is Cc1nccn1CCNC1C(C)(C)C1(C)C. The van der Waals surface area contributed by atoms with E-state index in [4.69, 9.17) is 0 Å². The van der Waals surface area contributed by atoms with Crippen LogP contribution in [0.1, 0.15) is 33.5 Å². The van der Waals surface area contributed by atoms with Crippen LogP contribution < -0.4 is 5.32 Å². The topological polar surface area (TPSA) is 29.9 Å². The number of hydrogen-bond donors (Lipinski definition) is 1. The van der Waals surface area contributed by atoms with E-state index in [0.717, 1.165) is 18.9 Å². The molecule has 1 heterocycles. The van der Waals surface area contributed by atoms with E-state index in [9.17, 15) is 0 Å². The Morgan fingerprint density at radius 1 is 1.31 bits per heavy atom. The number of hydrogen-bond acceptors (Lipinski definition) is 2. The molecule has 0 aliphatic heterocycles. The van der Waals surface area contributed by atoms with Gasteiger partial charge in [-0.1, -0.05) is 27.7 Å². The summed E-state index contributed by atoms with van der Waals surface area (Å²) in [5.41, 5.74) is 0.855. The molecule has 1 aromatic heterocycles. The first kappa shape index (κ1) is 11.6. The molecule has 1 saturated carbocycles. The van der Waals surface area contributed by atoms with Gasteiger partial charge in [0.15, 0.2) is 0 Å². The maximum Gasteiger partial charge on any atom is 0.105 e. The molecule has 90 valence electrons. The van der Waals surface area contributed by atoms with E-state index in [1.807, 2.05) is 19.3 Å². The van der Waals surface area contributed by atoms with Crippen LogP contribution in [0.2, 0.25) is 0 Å². The number of aryl methyl sites for hydroxylation is 1. The number of rotatable bonds is 4. The van der Waals surface area contributed by atoms with Gasteiger partial charge in [0, 0.05) is 31.5 Å². The van der Waals surface area contributed by atoms with Gasteiger partial charge in [-0.05, 0) is 17.8 Å². The molecule has 0 aromatic carbocycles. The standard InChI is InChI=1S/C13H23N3/c1-10-14-6-8-16(10)9-7-15-11-12(2,3)13(11,4)5/h6,8,11,15H,7,9H2,1-5H3. The molecule has 0 unspecified atom stereocenters. The summed E-state index contributed by atoms with van der Waals surface area (Å²) in [6.07, 6.45) is 3.90. The molecule has 1 aromatic rings. The predicted molar refractivity (Wildman–Crippen MR) is 66.3 cm³/mol. The third-order valence-electron chi connectivity index (χ3n) is 4.65. The highest BCUT2D eigenvalue weighted by molar-refractivity contribution is 5.17. The fourth-order valence-corrected chi connectivity index (χ4v) is 2.68. The minimum absolute atomic E-state index is 0.428. The Labute approximate surface area is 98.3 Å². The smallest absolute Gasteiger partial charge is 0.105 e. The molecular weight excluding hydrogens is 198 g/mol. The van der Waals surface area contributed by atoms with Crippen molar-refractivity contribution < 1.29 is 0 Å². The Morgan fingerprint density at radius 3 is 2.38 bits per heavy atom. The van der Waals surface area contributed by atoms with Gasteiger partial charge in [0.25, 0.3) is 0 Å². The zero-order valence-corrected chi connectivity index (χ0v) is 11.0. The minimum atomic E-state index is 0.428. The summed E-state index contributed by atoms with van der Waals surface area (Å²) in [5, 5.41) is 3.65. The van der Waals surface area contributed by atoms with Gasteiger partial charge in [-0.3, -0.25) is 0 Å². The van der Waals surface area contributed by atoms with Crippen LogP contribution in [0, 0.1) is 17.8 Å². The molecule has 0 amide bonds. The lowest BCUT2D eigenvalue weighted by Gasteiger charge is -2.08. The van der Waals surface area contributed by atoms with Crippen LogP contribution in [-0.2, 0) is 6.54 Å². The maximum absolute atomic E-state index is 4.22. The average molecular weight is 221 g/mol. The van der Waals surface area contributed by atoms with E-state index < -0.39 is 0 Å². The normalized spacial score (nSPS) is 22.3. The monoisotopic (exact) mass is 221 g/mol. The first-order valence-corrected chi connectivity index (χ1v) is 6.08. The van der Waals surface area contributed by atoms with Crippen molar-refractivity contribution >= 4 is 0 Å². The molecule has 0 saturated heterocycles. The molecule has 1 fully saturated rings. The molecule has 0 bridgehead atoms. The van der Waals surface area contributed by atoms with Crippen LogP contribution in [0.15, 0.2) is 12.4 Å². The second-order valence-electron chi connectivity index (χ2n) is 6.00. The van der Waals surface area contributed by atoms with Crippen molar-refractivity contribution in [3.05, 3.63) is 18.2 Å². The van der Waals surface area contributed by atoms with Gasteiger partial charge in [-0.25, -0.2) is 4.98 Å². The van der Waals surface area contributed by atoms with Crippen molar-refractivity contribution in [1.82, 2.24) is 14.9 Å². The van der Waals surface area contributed by atoms with E-state index in [2.05, 4.69) is 42.6 Å². The highest BCUT2D eigenvalue weighted by Gasteiger charge is 2.64. The van der Waals surface area contributed by atoms with Crippen LogP contribution in [0.5, 0.6) is 0 Å². The summed E-state index contributed by atoms with van der Waals surface area (Å²) in [5.74, 6) is 1.09. The molecule has 0 radical (unpaired) electrons. The van der Waals surface area contributed by atoms with Crippen molar-refractivity contribution in [2.45, 2.75) is 47.2 Å². The number of nitrogens with zero attached hydrogens (tertiary/aromatic N) is 2. The predicted octanol–water partition coefficient (Wildman–Crippen LogP) is 2.22. The molecule has 3 nitrogen and oxygen atoms in total. The molecular formula is C13H23N3. The summed E-state index contributed by atoms with van der Waals surface area (Å²) >= 11 is 0. The van der Waals surface area contributed by atoms with Crippen LogP contribution in [0.25, 0.3) is 0 Å². The van der Waals surface area contributed by atoms with E-state index in [-0.39, 0.29) is 0 Å². The van der Waals surface area contributed by atoms with Gasteiger partial charge >= 0.3 is 0 Å². The largest absolute Gasteiger partial charge is 0.334 e. The van der Waals surface area contributed by atoms with Crippen LogP contribution in [0.4, 0.5) is 0 Å². The zero-order chi connectivity index (χ0) is 12.0. The molecule has 16 heavy (non-hydrogen) atoms. The van der Waals surface area contributed by atoms with Crippen LogP contribution >= 0.6 is 0 Å². The Hall–Kier alpha value is -0.830. The lowest BCUT2D eigenvalue weighted by atomic mass is 10.0. The highest BCUT2D eigenvalue weighted by Crippen LogP contribution is 2.62. The van der Waals surface area contributed by atoms with Gasteiger partial charge in [0.1, 0.15) is 5.82 Å². The van der Waals surface area contributed by atoms with Crippen molar-refractivity contribution in [3.8, 4) is 0 Å². The number of aromatic nitrogens is 2. The van der Waals surface area contributed by atoms with Gasteiger partial charge in [0.05, 0.1) is 0 Å². The van der Waals surface area contributed by atoms with Crippen molar-refractivity contribution in [2.75, 3.05) is 6.54 Å². The maximum atomic E-state index is 4.22. The third kappa shape index (κ3) is 1.67.